The number of rotatable bonds is 3. The molecule has 0 N–H and O–H groups in total. The van der Waals surface area contributed by atoms with Crippen molar-refractivity contribution in [2.45, 2.75) is 57.2 Å². The number of piperazine rings is 1. The number of fused-ring (bicyclic) bond motifs is 1. The van der Waals surface area contributed by atoms with Gasteiger partial charge in [-0.25, -0.2) is 9.78 Å². The van der Waals surface area contributed by atoms with E-state index in [4.69, 9.17) is 4.74 Å². The number of thioether (sulfide) groups is 1. The van der Waals surface area contributed by atoms with Gasteiger partial charge in [-0.2, -0.15) is 26.3 Å². The Morgan fingerprint density at radius 2 is 1.67 bits per heavy atom. The average Bonchev–Trinajstić information content (AvgIpc) is 3.61. The molecule has 3 aliphatic heterocycles. The molecule has 0 spiro atoms. The molecule has 236 valence electrons. The summed E-state index contributed by atoms with van der Waals surface area (Å²) in [5, 5.41) is -0.0117. The fourth-order valence-electron chi connectivity index (χ4n) is 5.83. The fraction of sp³-hybridized carbons (Fsp3) is 0.607. The van der Waals surface area contributed by atoms with E-state index in [0.29, 0.717) is 31.9 Å². The molecule has 43 heavy (non-hydrogen) atoms. The molecule has 2 amide bonds. The number of likely N-dealkylation sites (tertiary alicyclic amines) is 1. The minimum atomic E-state index is -4.94. The molecule has 0 radical (unpaired) electrons. The van der Waals surface area contributed by atoms with Gasteiger partial charge in [0.05, 0.1) is 17.0 Å². The Kier molecular flexibility index (Phi) is 8.44. The van der Waals surface area contributed by atoms with E-state index in [1.165, 1.54) is 17.0 Å². The Morgan fingerprint density at radius 1 is 0.977 bits per heavy atom. The third-order valence-electron chi connectivity index (χ3n) is 7.84. The van der Waals surface area contributed by atoms with E-state index in [1.807, 2.05) is 0 Å². The van der Waals surface area contributed by atoms with Gasteiger partial charge in [-0.05, 0) is 39.3 Å². The number of carbonyl (C=O) groups is 2. The predicted molar refractivity (Wildman–Crippen MR) is 150 cm³/mol. The number of amides is 2. The van der Waals surface area contributed by atoms with Crippen LogP contribution in [0.3, 0.4) is 0 Å². The standard InChI is InChI=1S/C28H33F6N5O3S/c1-26(2,3)42-25(41)39-15-17(13-21(39)24(40)38-11-12-43-16-38)36-7-9-37(10-8-36)20-14-22(28(32,33)34)35-23-18(20)5-4-6-19(23)27(29,30)31/h4-6,14,17,21H,7-13,15-16H2,1-3H3/t17-,21-/m0/s1. The molecule has 3 saturated heterocycles. The molecule has 3 aliphatic rings. The van der Waals surface area contributed by atoms with Crippen LogP contribution in [0.4, 0.5) is 36.8 Å². The lowest BCUT2D eigenvalue weighted by molar-refractivity contribution is -0.142. The summed E-state index contributed by atoms with van der Waals surface area (Å²) in [5.41, 5.74) is -4.08. The summed E-state index contributed by atoms with van der Waals surface area (Å²) >= 11 is 1.64. The van der Waals surface area contributed by atoms with Crippen molar-refractivity contribution in [3.05, 3.63) is 35.5 Å². The van der Waals surface area contributed by atoms with Gasteiger partial charge >= 0.3 is 18.4 Å². The summed E-state index contributed by atoms with van der Waals surface area (Å²) in [6.45, 7) is 7.30. The van der Waals surface area contributed by atoms with Gasteiger partial charge in [0.25, 0.3) is 0 Å². The average molecular weight is 634 g/mol. The molecule has 4 heterocycles. The number of aromatic nitrogens is 1. The highest BCUT2D eigenvalue weighted by molar-refractivity contribution is 7.99. The van der Waals surface area contributed by atoms with Gasteiger partial charge in [-0.1, -0.05) is 12.1 Å². The largest absolute Gasteiger partial charge is 0.444 e. The zero-order valence-electron chi connectivity index (χ0n) is 24.0. The van der Waals surface area contributed by atoms with Crippen molar-refractivity contribution in [2.75, 3.05) is 55.8 Å². The first-order valence-corrected chi connectivity index (χ1v) is 15.1. The second-order valence-electron chi connectivity index (χ2n) is 11.9. The zero-order valence-corrected chi connectivity index (χ0v) is 24.8. The second-order valence-corrected chi connectivity index (χ2v) is 13.0. The number of ether oxygens (including phenoxy) is 1. The second kappa shape index (κ2) is 11.5. The Bertz CT molecular complexity index is 1370. The first kappa shape index (κ1) is 31.5. The van der Waals surface area contributed by atoms with E-state index in [1.54, 1.807) is 42.3 Å². The number of hydrogen-bond donors (Lipinski definition) is 0. The maximum absolute atomic E-state index is 13.7. The molecule has 0 saturated carbocycles. The predicted octanol–water partition coefficient (Wildman–Crippen LogP) is 5.31. The number of pyridine rings is 1. The van der Waals surface area contributed by atoms with Crippen LogP contribution in [0.1, 0.15) is 38.4 Å². The highest BCUT2D eigenvalue weighted by Gasteiger charge is 2.46. The van der Waals surface area contributed by atoms with Crippen molar-refractivity contribution in [2.24, 2.45) is 0 Å². The van der Waals surface area contributed by atoms with Crippen LogP contribution in [0, 0.1) is 0 Å². The summed E-state index contributed by atoms with van der Waals surface area (Å²) in [7, 11) is 0. The molecule has 2 atom stereocenters. The molecular weight excluding hydrogens is 600 g/mol. The topological polar surface area (TPSA) is 69.2 Å². The van der Waals surface area contributed by atoms with Gasteiger partial charge in [-0.15, -0.1) is 11.8 Å². The SMILES string of the molecule is CC(C)(C)OC(=O)N1C[C@@H](N2CCN(c3cc(C(F)(F)F)nc4c(C(F)(F)F)cccc34)CC2)C[C@H]1C(=O)N1CCSC1. The molecule has 0 bridgehead atoms. The van der Waals surface area contributed by atoms with Crippen LogP contribution in [-0.4, -0.2) is 100 Å². The van der Waals surface area contributed by atoms with Crippen LogP contribution in [-0.2, 0) is 21.9 Å². The van der Waals surface area contributed by atoms with E-state index < -0.39 is 46.9 Å². The monoisotopic (exact) mass is 633 g/mol. The first-order chi connectivity index (χ1) is 20.0. The van der Waals surface area contributed by atoms with Crippen molar-refractivity contribution < 1.29 is 40.7 Å². The number of hydrogen-bond acceptors (Lipinski definition) is 7. The van der Waals surface area contributed by atoms with Gasteiger partial charge in [0.2, 0.25) is 5.91 Å². The number of alkyl halides is 6. The van der Waals surface area contributed by atoms with Crippen LogP contribution in [0.15, 0.2) is 24.3 Å². The van der Waals surface area contributed by atoms with Gasteiger partial charge in [0.15, 0.2) is 0 Å². The van der Waals surface area contributed by atoms with Crippen LogP contribution in [0.5, 0.6) is 0 Å². The summed E-state index contributed by atoms with van der Waals surface area (Å²) < 4.78 is 87.9. The molecule has 3 fully saturated rings. The highest BCUT2D eigenvalue weighted by Crippen LogP contribution is 2.40. The van der Waals surface area contributed by atoms with E-state index in [-0.39, 0.29) is 42.7 Å². The summed E-state index contributed by atoms with van der Waals surface area (Å²) in [5.74, 6) is 1.23. The molecule has 1 aromatic heterocycles. The van der Waals surface area contributed by atoms with Gasteiger partial charge in [0, 0.05) is 62.1 Å². The normalized spacial score (nSPS) is 22.5. The van der Waals surface area contributed by atoms with E-state index in [2.05, 4.69) is 9.88 Å². The summed E-state index contributed by atoms with van der Waals surface area (Å²) in [6, 6.07) is 3.15. The fourth-order valence-corrected chi connectivity index (χ4v) is 6.78. The number of benzene rings is 1. The van der Waals surface area contributed by atoms with Crippen LogP contribution in [0.25, 0.3) is 10.9 Å². The van der Waals surface area contributed by atoms with Crippen molar-refractivity contribution in [1.82, 2.24) is 19.7 Å². The maximum atomic E-state index is 13.7. The van der Waals surface area contributed by atoms with Gasteiger partial charge in [-0.3, -0.25) is 14.6 Å². The number of para-hydroxylation sites is 1. The minimum absolute atomic E-state index is 0.0117. The molecular formula is C28H33F6N5O3S. The Hall–Kier alpha value is -2.94. The minimum Gasteiger partial charge on any atom is -0.444 e. The van der Waals surface area contributed by atoms with Crippen molar-refractivity contribution in [1.29, 1.82) is 0 Å². The number of halogens is 6. The smallest absolute Gasteiger partial charge is 0.433 e. The molecule has 1 aromatic carbocycles. The number of anilines is 1. The molecule has 0 aliphatic carbocycles. The summed E-state index contributed by atoms with van der Waals surface area (Å²) in [4.78, 5) is 36.8. The van der Waals surface area contributed by atoms with E-state index in [0.717, 1.165) is 17.9 Å². The van der Waals surface area contributed by atoms with E-state index in [9.17, 15) is 35.9 Å². The lowest BCUT2D eigenvalue weighted by Crippen LogP contribution is -2.51. The third kappa shape index (κ3) is 6.76. The number of nitrogens with zero attached hydrogens (tertiary/aromatic N) is 5. The van der Waals surface area contributed by atoms with Crippen LogP contribution in [0.2, 0.25) is 0 Å². The molecule has 2 aromatic rings. The van der Waals surface area contributed by atoms with Crippen molar-refractivity contribution in [3.63, 3.8) is 0 Å². The van der Waals surface area contributed by atoms with Gasteiger partial charge < -0.3 is 14.5 Å². The van der Waals surface area contributed by atoms with Crippen molar-refractivity contribution in [3.8, 4) is 0 Å². The Labute approximate surface area is 249 Å². The maximum Gasteiger partial charge on any atom is 0.433 e. The van der Waals surface area contributed by atoms with Crippen LogP contribution >= 0.6 is 11.8 Å². The molecule has 8 nitrogen and oxygen atoms in total. The molecule has 0 unspecified atom stereocenters. The molecule has 5 rings (SSSR count). The lowest BCUT2D eigenvalue weighted by atomic mass is 10.0. The van der Waals surface area contributed by atoms with Gasteiger partial charge in [0.1, 0.15) is 17.3 Å². The first-order valence-electron chi connectivity index (χ1n) is 14.0. The highest BCUT2D eigenvalue weighted by atomic mass is 32.2. The zero-order chi connectivity index (χ0) is 31.3. The summed E-state index contributed by atoms with van der Waals surface area (Å²) in [6.07, 6.45) is -10.0. The lowest BCUT2D eigenvalue weighted by Gasteiger charge is -2.39. The number of carbonyl (C=O) groups excluding carboxylic acids is 2. The van der Waals surface area contributed by atoms with Crippen LogP contribution < -0.4 is 4.90 Å². The van der Waals surface area contributed by atoms with E-state index >= 15 is 0 Å². The Morgan fingerprint density at radius 3 is 2.26 bits per heavy atom. The third-order valence-corrected chi connectivity index (χ3v) is 8.81. The Balaban J connectivity index is 1.37. The quantitative estimate of drug-likeness (QED) is 0.425. The van der Waals surface area contributed by atoms with Crippen molar-refractivity contribution >= 4 is 40.4 Å². The molecule has 15 heteroatoms.